The van der Waals surface area contributed by atoms with Crippen LogP contribution < -0.4 is 4.43 Å². The molecule has 0 N–H and O–H groups in total. The Morgan fingerprint density at radius 1 is 1.17 bits per heavy atom. The minimum atomic E-state index is -1.98. The van der Waals surface area contributed by atoms with Crippen LogP contribution in [0.25, 0.3) is 0 Å². The molecular weight excluding hydrogens is 396 g/mol. The number of fused-ring (bicyclic) bond motifs is 1. The predicted molar refractivity (Wildman–Crippen MR) is 121 cm³/mol. The second-order valence-electron chi connectivity index (χ2n) is 9.47. The van der Waals surface area contributed by atoms with Gasteiger partial charge in [0, 0.05) is 5.92 Å². The van der Waals surface area contributed by atoms with Crippen molar-refractivity contribution >= 4 is 20.3 Å². The second-order valence-corrected chi connectivity index (χ2v) is 14.2. The number of esters is 2. The maximum Gasteiger partial charge on any atom is 0.323 e. The minimum Gasteiger partial charge on any atom is -0.543 e. The van der Waals surface area contributed by atoms with Crippen molar-refractivity contribution in [2.24, 2.45) is 5.41 Å². The highest BCUT2D eigenvalue weighted by molar-refractivity contribution is 6.74. The van der Waals surface area contributed by atoms with Crippen LogP contribution in [0.1, 0.15) is 58.1 Å². The first-order chi connectivity index (χ1) is 13.9. The molecule has 0 saturated heterocycles. The van der Waals surface area contributed by atoms with E-state index in [1.54, 1.807) is 19.9 Å². The van der Waals surface area contributed by atoms with Crippen molar-refractivity contribution in [3.05, 3.63) is 42.0 Å². The Bertz CT molecular complexity index is 788. The van der Waals surface area contributed by atoms with Crippen molar-refractivity contribution < 1.29 is 23.5 Å². The predicted octanol–water partition coefficient (Wildman–Crippen LogP) is 5.40. The van der Waals surface area contributed by atoms with Crippen LogP contribution in [0.15, 0.2) is 30.9 Å². The summed E-state index contributed by atoms with van der Waals surface area (Å²) in [4.78, 5) is 25.8. The van der Waals surface area contributed by atoms with Crippen LogP contribution in [0, 0.1) is 5.41 Å². The Kier molecular flexibility index (Phi) is 7.23. The molecular formula is C24H36O5Si. The number of hydrogen-bond donors (Lipinski definition) is 0. The Labute approximate surface area is 181 Å². The van der Waals surface area contributed by atoms with E-state index >= 15 is 0 Å². The summed E-state index contributed by atoms with van der Waals surface area (Å²) < 4.78 is 17.1. The molecule has 0 aliphatic heterocycles. The summed E-state index contributed by atoms with van der Waals surface area (Å²) in [6.07, 6.45) is 2.33. The monoisotopic (exact) mass is 432 g/mol. The van der Waals surface area contributed by atoms with Gasteiger partial charge in [0.05, 0.1) is 13.2 Å². The van der Waals surface area contributed by atoms with Crippen molar-refractivity contribution in [2.75, 3.05) is 13.2 Å². The molecule has 1 aliphatic rings. The average molecular weight is 433 g/mol. The number of allylic oxidation sites excluding steroid dienone is 1. The second kappa shape index (κ2) is 8.96. The van der Waals surface area contributed by atoms with E-state index in [0.717, 1.165) is 16.9 Å². The lowest BCUT2D eigenvalue weighted by Crippen LogP contribution is -2.47. The molecule has 0 aromatic heterocycles. The smallest absolute Gasteiger partial charge is 0.323 e. The number of carbonyl (C=O) groups excluding carboxylic acids is 2. The fraction of sp³-hybridized carbons (Fsp3) is 0.583. The highest BCUT2D eigenvalue weighted by Crippen LogP contribution is 2.46. The van der Waals surface area contributed by atoms with E-state index in [2.05, 4.69) is 40.4 Å². The molecule has 1 aromatic carbocycles. The molecule has 0 heterocycles. The van der Waals surface area contributed by atoms with Gasteiger partial charge in [-0.15, -0.1) is 6.58 Å². The highest BCUT2D eigenvalue weighted by atomic mass is 28.4. The number of benzene rings is 1. The fourth-order valence-electron chi connectivity index (χ4n) is 3.62. The van der Waals surface area contributed by atoms with Gasteiger partial charge in [-0.3, -0.25) is 9.59 Å². The van der Waals surface area contributed by atoms with E-state index in [9.17, 15) is 9.59 Å². The van der Waals surface area contributed by atoms with Crippen molar-refractivity contribution in [3.8, 4) is 5.75 Å². The first-order valence-corrected chi connectivity index (χ1v) is 13.6. The molecule has 5 nitrogen and oxygen atoms in total. The Balaban J connectivity index is 2.48. The third kappa shape index (κ3) is 4.64. The first-order valence-electron chi connectivity index (χ1n) is 10.7. The van der Waals surface area contributed by atoms with Gasteiger partial charge in [-0.05, 0) is 68.1 Å². The number of hydrogen-bond acceptors (Lipinski definition) is 5. The van der Waals surface area contributed by atoms with E-state index < -0.39 is 25.7 Å². The highest BCUT2D eigenvalue weighted by Gasteiger charge is 2.53. The molecule has 0 fully saturated rings. The van der Waals surface area contributed by atoms with Gasteiger partial charge in [-0.25, -0.2) is 0 Å². The number of ether oxygens (including phenoxy) is 2. The maximum absolute atomic E-state index is 12.9. The molecule has 0 bridgehead atoms. The molecule has 1 unspecified atom stereocenters. The van der Waals surface area contributed by atoms with Crippen LogP contribution in [0.2, 0.25) is 18.1 Å². The van der Waals surface area contributed by atoms with Gasteiger partial charge < -0.3 is 13.9 Å². The van der Waals surface area contributed by atoms with Crippen LogP contribution in [0.5, 0.6) is 5.75 Å². The molecule has 0 saturated carbocycles. The van der Waals surface area contributed by atoms with E-state index in [1.807, 2.05) is 18.2 Å². The molecule has 0 amide bonds. The van der Waals surface area contributed by atoms with Crippen LogP contribution in [-0.2, 0) is 25.5 Å². The standard InChI is InChI=1S/C24H36O5Si/c1-9-17-15-24(21(25)27-10-2,22(26)28-11-3)16-18-12-13-19(14-20(17)18)29-30(7,8)23(4,5)6/h9,12-14,17H,1,10-11,15-16H2,2-8H3. The van der Waals surface area contributed by atoms with Gasteiger partial charge in [0.1, 0.15) is 5.75 Å². The van der Waals surface area contributed by atoms with Gasteiger partial charge in [-0.1, -0.05) is 32.9 Å². The molecule has 166 valence electrons. The van der Waals surface area contributed by atoms with Crippen LogP contribution in [0.3, 0.4) is 0 Å². The number of carbonyl (C=O) groups is 2. The summed E-state index contributed by atoms with van der Waals surface area (Å²) in [5, 5.41) is 0.0870. The molecule has 0 radical (unpaired) electrons. The Morgan fingerprint density at radius 3 is 2.20 bits per heavy atom. The van der Waals surface area contributed by atoms with Crippen molar-refractivity contribution in [1.82, 2.24) is 0 Å². The van der Waals surface area contributed by atoms with E-state index in [1.165, 1.54) is 0 Å². The number of rotatable bonds is 7. The first kappa shape index (κ1) is 24.2. The van der Waals surface area contributed by atoms with Gasteiger partial charge >= 0.3 is 11.9 Å². The van der Waals surface area contributed by atoms with E-state index in [4.69, 9.17) is 13.9 Å². The maximum atomic E-state index is 12.9. The molecule has 1 atom stereocenters. The minimum absolute atomic E-state index is 0.0870. The van der Waals surface area contributed by atoms with Crippen LogP contribution in [0.4, 0.5) is 0 Å². The lowest BCUT2D eigenvalue weighted by Gasteiger charge is -2.39. The zero-order chi connectivity index (χ0) is 22.7. The Morgan fingerprint density at radius 2 is 1.73 bits per heavy atom. The summed E-state index contributed by atoms with van der Waals surface area (Å²) in [7, 11) is -1.98. The summed E-state index contributed by atoms with van der Waals surface area (Å²) in [5.41, 5.74) is 0.625. The zero-order valence-corrected chi connectivity index (χ0v) is 20.5. The average Bonchev–Trinajstić information content (AvgIpc) is 2.66. The Hall–Kier alpha value is -2.08. The van der Waals surface area contributed by atoms with Gasteiger partial charge in [-0.2, -0.15) is 0 Å². The van der Waals surface area contributed by atoms with Crippen molar-refractivity contribution in [2.45, 2.75) is 71.5 Å². The van der Waals surface area contributed by atoms with Crippen LogP contribution >= 0.6 is 0 Å². The lowest BCUT2D eigenvalue weighted by molar-refractivity contribution is -0.173. The lowest BCUT2D eigenvalue weighted by atomic mass is 9.67. The van der Waals surface area contributed by atoms with Gasteiger partial charge in [0.2, 0.25) is 8.32 Å². The third-order valence-electron chi connectivity index (χ3n) is 6.37. The van der Waals surface area contributed by atoms with Gasteiger partial charge in [0.25, 0.3) is 0 Å². The molecule has 30 heavy (non-hydrogen) atoms. The zero-order valence-electron chi connectivity index (χ0n) is 19.5. The van der Waals surface area contributed by atoms with Crippen molar-refractivity contribution in [3.63, 3.8) is 0 Å². The summed E-state index contributed by atoms with van der Waals surface area (Å²) in [6, 6.07) is 5.94. The van der Waals surface area contributed by atoms with Gasteiger partial charge in [0.15, 0.2) is 5.41 Å². The largest absolute Gasteiger partial charge is 0.543 e. The topological polar surface area (TPSA) is 61.8 Å². The quantitative estimate of drug-likeness (QED) is 0.250. The third-order valence-corrected chi connectivity index (χ3v) is 10.7. The van der Waals surface area contributed by atoms with Crippen molar-refractivity contribution in [1.29, 1.82) is 0 Å². The summed E-state index contributed by atoms with van der Waals surface area (Å²) in [5.74, 6) is -0.400. The normalized spacial score (nSPS) is 18.2. The van der Waals surface area contributed by atoms with Crippen LogP contribution in [-0.4, -0.2) is 33.5 Å². The molecule has 2 rings (SSSR count). The summed E-state index contributed by atoms with van der Waals surface area (Å²) in [6.45, 7) is 18.9. The molecule has 1 aromatic rings. The van der Waals surface area contributed by atoms with E-state index in [0.29, 0.717) is 0 Å². The summed E-state index contributed by atoms with van der Waals surface area (Å²) >= 11 is 0. The molecule has 1 aliphatic carbocycles. The molecule has 0 spiro atoms. The molecule has 6 heteroatoms. The SMILES string of the molecule is C=CC1CC(C(=O)OCC)(C(=O)OCC)Cc2ccc(O[Si](C)(C)C(C)(C)C)cc21. The fourth-order valence-corrected chi connectivity index (χ4v) is 4.64. The van der Waals surface area contributed by atoms with E-state index in [-0.39, 0.29) is 37.0 Å².